The number of aromatic nitrogens is 2. The summed E-state index contributed by atoms with van der Waals surface area (Å²) in [6.07, 6.45) is 3.67. The van der Waals surface area contributed by atoms with Gasteiger partial charge in [-0.1, -0.05) is 6.08 Å². The summed E-state index contributed by atoms with van der Waals surface area (Å²) in [4.78, 5) is 6.16. The van der Waals surface area contributed by atoms with E-state index in [4.69, 9.17) is 5.26 Å². The van der Waals surface area contributed by atoms with E-state index in [-0.39, 0.29) is 11.6 Å². The van der Waals surface area contributed by atoms with E-state index in [0.717, 1.165) is 36.6 Å². The van der Waals surface area contributed by atoms with Crippen molar-refractivity contribution in [3.05, 3.63) is 53.6 Å². The number of halogens is 3. The van der Waals surface area contributed by atoms with E-state index in [0.29, 0.717) is 12.2 Å². The number of hydrogen-bond acceptors (Lipinski definition) is 3. The highest BCUT2D eigenvalue weighted by atomic mass is 19.4. The standard InChI is InChI=1S/C20H21F3N4/c1-3-27(17-8-7-15(11-24)18(10-17)20(21,22)23)16-6-4-5-14(9-16)19-12-25-13-26(19)2/h5,7-8,10,12-13,16H,3-4,6,9H2,1-2H3. The number of anilines is 1. The van der Waals surface area contributed by atoms with Crippen molar-refractivity contribution >= 4 is 11.3 Å². The lowest BCUT2D eigenvalue weighted by Crippen LogP contribution is -2.37. The zero-order valence-corrected chi connectivity index (χ0v) is 15.3. The molecule has 0 amide bonds. The molecule has 1 aliphatic rings. The van der Waals surface area contributed by atoms with E-state index < -0.39 is 11.7 Å². The van der Waals surface area contributed by atoms with Gasteiger partial charge in [-0.3, -0.25) is 0 Å². The molecule has 1 aromatic heterocycles. The molecule has 1 atom stereocenters. The Hall–Kier alpha value is -2.75. The number of hydrogen-bond donors (Lipinski definition) is 0. The fourth-order valence-corrected chi connectivity index (χ4v) is 3.73. The first-order chi connectivity index (χ1) is 12.8. The number of imidazole rings is 1. The maximum Gasteiger partial charge on any atom is 0.417 e. The van der Waals surface area contributed by atoms with Crippen LogP contribution >= 0.6 is 0 Å². The molecular formula is C20H21F3N4. The Morgan fingerprint density at radius 2 is 2.15 bits per heavy atom. The molecule has 7 heteroatoms. The molecule has 0 fully saturated rings. The highest BCUT2D eigenvalue weighted by Gasteiger charge is 2.34. The summed E-state index contributed by atoms with van der Waals surface area (Å²) in [5.74, 6) is 0. The quantitative estimate of drug-likeness (QED) is 0.774. The Labute approximate surface area is 156 Å². The summed E-state index contributed by atoms with van der Waals surface area (Å²) in [6, 6.07) is 5.71. The molecule has 1 aliphatic carbocycles. The number of rotatable bonds is 4. The molecule has 0 saturated carbocycles. The molecule has 0 bridgehead atoms. The number of benzene rings is 1. The van der Waals surface area contributed by atoms with Gasteiger partial charge < -0.3 is 9.47 Å². The maximum atomic E-state index is 13.3. The minimum Gasteiger partial charge on any atom is -0.368 e. The van der Waals surface area contributed by atoms with Gasteiger partial charge in [-0.2, -0.15) is 18.4 Å². The van der Waals surface area contributed by atoms with Crippen molar-refractivity contribution in [1.82, 2.24) is 9.55 Å². The molecule has 1 aromatic carbocycles. The SMILES string of the molecule is CCN(c1ccc(C#N)c(C(F)(F)F)c1)C1CCC=C(c2cncn2C)C1. The molecule has 0 spiro atoms. The van der Waals surface area contributed by atoms with Crippen LogP contribution in [0.25, 0.3) is 5.57 Å². The summed E-state index contributed by atoms with van der Waals surface area (Å²) in [5, 5.41) is 9.00. The Morgan fingerprint density at radius 1 is 1.37 bits per heavy atom. The Kier molecular flexibility index (Phi) is 5.26. The second-order valence-electron chi connectivity index (χ2n) is 6.68. The van der Waals surface area contributed by atoms with Crippen molar-refractivity contribution in [2.45, 2.75) is 38.4 Å². The second kappa shape index (κ2) is 7.47. The Morgan fingerprint density at radius 3 is 2.74 bits per heavy atom. The largest absolute Gasteiger partial charge is 0.417 e. The molecule has 4 nitrogen and oxygen atoms in total. The molecule has 1 unspecified atom stereocenters. The topological polar surface area (TPSA) is 44.9 Å². The van der Waals surface area contributed by atoms with Gasteiger partial charge >= 0.3 is 6.18 Å². The van der Waals surface area contributed by atoms with Crippen LogP contribution in [0.3, 0.4) is 0 Å². The van der Waals surface area contributed by atoms with Crippen molar-refractivity contribution in [3.63, 3.8) is 0 Å². The molecule has 27 heavy (non-hydrogen) atoms. The van der Waals surface area contributed by atoms with Crippen LogP contribution in [0.2, 0.25) is 0 Å². The van der Waals surface area contributed by atoms with Gasteiger partial charge in [0.25, 0.3) is 0 Å². The fourth-order valence-electron chi connectivity index (χ4n) is 3.73. The van der Waals surface area contributed by atoms with Crippen LogP contribution in [0, 0.1) is 11.3 Å². The normalized spacial score (nSPS) is 17.3. The van der Waals surface area contributed by atoms with Crippen LogP contribution in [0.1, 0.15) is 43.0 Å². The van der Waals surface area contributed by atoms with Gasteiger partial charge in [-0.25, -0.2) is 4.98 Å². The van der Waals surface area contributed by atoms with E-state index in [9.17, 15) is 13.2 Å². The average molecular weight is 374 g/mol. The van der Waals surface area contributed by atoms with Gasteiger partial charge in [0, 0.05) is 25.3 Å². The van der Waals surface area contributed by atoms with E-state index in [1.807, 2.05) is 29.6 Å². The third-order valence-electron chi connectivity index (χ3n) is 5.03. The first kappa shape index (κ1) is 19.0. The highest BCUT2D eigenvalue weighted by Crippen LogP contribution is 2.37. The third kappa shape index (κ3) is 3.85. The lowest BCUT2D eigenvalue weighted by Gasteiger charge is -2.36. The third-order valence-corrected chi connectivity index (χ3v) is 5.03. The van der Waals surface area contributed by atoms with Gasteiger partial charge in [0.15, 0.2) is 0 Å². The minimum atomic E-state index is -4.55. The van der Waals surface area contributed by atoms with E-state index >= 15 is 0 Å². The van der Waals surface area contributed by atoms with Crippen LogP contribution < -0.4 is 4.90 Å². The number of allylic oxidation sites excluding steroid dienone is 1. The van der Waals surface area contributed by atoms with Crippen molar-refractivity contribution in [1.29, 1.82) is 5.26 Å². The van der Waals surface area contributed by atoms with Crippen LogP contribution in [0.4, 0.5) is 18.9 Å². The fraction of sp³-hybridized carbons (Fsp3) is 0.400. The predicted molar refractivity (Wildman–Crippen MR) is 98.0 cm³/mol. The smallest absolute Gasteiger partial charge is 0.368 e. The predicted octanol–water partition coefficient (Wildman–Crippen LogP) is 4.77. The molecule has 0 N–H and O–H groups in total. The molecular weight excluding hydrogens is 353 g/mol. The van der Waals surface area contributed by atoms with Crippen molar-refractivity contribution in [3.8, 4) is 6.07 Å². The van der Waals surface area contributed by atoms with Gasteiger partial charge in [-0.05, 0) is 50.0 Å². The van der Waals surface area contributed by atoms with Crippen LogP contribution in [-0.4, -0.2) is 22.1 Å². The van der Waals surface area contributed by atoms with Crippen LogP contribution in [0.5, 0.6) is 0 Å². The molecule has 3 rings (SSSR count). The number of aryl methyl sites for hydroxylation is 1. The summed E-state index contributed by atoms with van der Waals surface area (Å²) in [6.45, 7) is 2.53. The molecule has 1 heterocycles. The monoisotopic (exact) mass is 374 g/mol. The second-order valence-corrected chi connectivity index (χ2v) is 6.68. The number of nitrogens with zero attached hydrogens (tertiary/aromatic N) is 4. The van der Waals surface area contributed by atoms with Gasteiger partial charge in [-0.15, -0.1) is 0 Å². The molecule has 142 valence electrons. The minimum absolute atomic E-state index is 0.0962. The summed E-state index contributed by atoms with van der Waals surface area (Å²) in [5.41, 5.74) is 1.47. The van der Waals surface area contributed by atoms with E-state index in [2.05, 4.69) is 11.1 Å². The molecule has 0 radical (unpaired) electrons. The summed E-state index contributed by atoms with van der Waals surface area (Å²) >= 11 is 0. The van der Waals surface area contributed by atoms with Crippen LogP contribution in [0.15, 0.2) is 36.8 Å². The molecule has 0 aliphatic heterocycles. The Balaban J connectivity index is 1.91. The Bertz CT molecular complexity index is 889. The zero-order valence-electron chi connectivity index (χ0n) is 15.3. The first-order valence-corrected chi connectivity index (χ1v) is 8.88. The lowest BCUT2D eigenvalue weighted by atomic mass is 9.91. The average Bonchev–Trinajstić information content (AvgIpc) is 3.08. The van der Waals surface area contributed by atoms with Crippen molar-refractivity contribution in [2.75, 3.05) is 11.4 Å². The van der Waals surface area contributed by atoms with Gasteiger partial charge in [0.05, 0.1) is 35.4 Å². The summed E-state index contributed by atoms with van der Waals surface area (Å²) in [7, 11) is 1.93. The number of alkyl halides is 3. The number of nitriles is 1. The van der Waals surface area contributed by atoms with Crippen molar-refractivity contribution in [2.24, 2.45) is 7.05 Å². The molecule has 0 saturated heterocycles. The van der Waals surface area contributed by atoms with E-state index in [1.165, 1.54) is 6.07 Å². The van der Waals surface area contributed by atoms with Crippen LogP contribution in [-0.2, 0) is 13.2 Å². The molecule has 2 aromatic rings. The maximum absolute atomic E-state index is 13.3. The lowest BCUT2D eigenvalue weighted by molar-refractivity contribution is -0.137. The highest BCUT2D eigenvalue weighted by molar-refractivity contribution is 5.65. The zero-order chi connectivity index (χ0) is 19.6. The first-order valence-electron chi connectivity index (χ1n) is 8.88. The van der Waals surface area contributed by atoms with Crippen molar-refractivity contribution < 1.29 is 13.2 Å². The summed E-state index contributed by atoms with van der Waals surface area (Å²) < 4.78 is 41.9. The van der Waals surface area contributed by atoms with Gasteiger partial charge in [0.1, 0.15) is 0 Å². The van der Waals surface area contributed by atoms with E-state index in [1.54, 1.807) is 18.5 Å². The van der Waals surface area contributed by atoms with Gasteiger partial charge in [0.2, 0.25) is 0 Å².